The Kier molecular flexibility index (Phi) is 8.02. The lowest BCUT2D eigenvalue weighted by molar-refractivity contribution is 0.117. The van der Waals surface area contributed by atoms with Gasteiger partial charge >= 0.3 is 0 Å². The maximum Gasteiger partial charge on any atom is 0.191 e. The van der Waals surface area contributed by atoms with Gasteiger partial charge in [0.1, 0.15) is 11.5 Å². The first-order valence-corrected chi connectivity index (χ1v) is 9.79. The molecule has 4 rings (SSSR count). The van der Waals surface area contributed by atoms with Crippen LogP contribution in [0, 0.1) is 0 Å². The van der Waals surface area contributed by atoms with Crippen molar-refractivity contribution in [3.63, 3.8) is 0 Å². The van der Waals surface area contributed by atoms with Gasteiger partial charge in [0.25, 0.3) is 0 Å². The number of hydrogen-bond acceptors (Lipinski definition) is 4. The highest BCUT2D eigenvalue weighted by Gasteiger charge is 2.22. The second-order valence-corrected chi connectivity index (χ2v) is 6.95. The SMILES string of the molecule is I.c1coc(CCNC(=NCC2CCCO2)NC2CCOc3ccccc32)c1. The standard InChI is InChI=1S/C21H27N3O3.HI/c1-2-8-20-18(7-1)19(10-14-27-20)24-21(23-15-17-6-4-13-26-17)22-11-9-16-5-3-12-25-16;/h1-3,5,7-8,12,17,19H,4,6,9-11,13-15H2,(H2,22,23,24);1H. The van der Waals surface area contributed by atoms with E-state index in [1.807, 2.05) is 24.3 Å². The van der Waals surface area contributed by atoms with Crippen molar-refractivity contribution in [2.75, 3.05) is 26.3 Å². The van der Waals surface area contributed by atoms with Crippen molar-refractivity contribution in [2.24, 2.45) is 4.99 Å². The van der Waals surface area contributed by atoms with E-state index in [1.165, 1.54) is 5.56 Å². The van der Waals surface area contributed by atoms with Crippen LogP contribution in [-0.2, 0) is 11.2 Å². The zero-order valence-electron chi connectivity index (χ0n) is 15.9. The molecule has 28 heavy (non-hydrogen) atoms. The van der Waals surface area contributed by atoms with E-state index in [0.29, 0.717) is 13.2 Å². The van der Waals surface area contributed by atoms with E-state index in [1.54, 1.807) is 6.26 Å². The minimum atomic E-state index is 0. The van der Waals surface area contributed by atoms with Crippen LogP contribution in [0.3, 0.4) is 0 Å². The molecule has 1 fully saturated rings. The van der Waals surface area contributed by atoms with Crippen molar-refractivity contribution in [3.8, 4) is 5.75 Å². The predicted octanol–water partition coefficient (Wildman–Crippen LogP) is 3.68. The van der Waals surface area contributed by atoms with Crippen molar-refractivity contribution in [3.05, 3.63) is 54.0 Å². The quantitative estimate of drug-likeness (QED) is 0.362. The van der Waals surface area contributed by atoms with Crippen LogP contribution in [0.4, 0.5) is 0 Å². The second-order valence-electron chi connectivity index (χ2n) is 6.95. The third-order valence-corrected chi connectivity index (χ3v) is 4.99. The number of ether oxygens (including phenoxy) is 2. The average Bonchev–Trinajstić information content (AvgIpc) is 3.40. The fourth-order valence-corrected chi connectivity index (χ4v) is 3.55. The molecule has 1 aromatic carbocycles. The van der Waals surface area contributed by atoms with Crippen LogP contribution in [0.5, 0.6) is 5.75 Å². The number of para-hydroxylation sites is 1. The monoisotopic (exact) mass is 497 g/mol. The Balaban J connectivity index is 0.00000225. The molecular weight excluding hydrogens is 469 g/mol. The number of nitrogens with zero attached hydrogens (tertiary/aromatic N) is 1. The Bertz CT molecular complexity index is 745. The number of rotatable bonds is 6. The molecular formula is C21H28IN3O3. The van der Waals surface area contributed by atoms with Gasteiger partial charge in [-0.15, -0.1) is 24.0 Å². The number of guanidine groups is 1. The highest BCUT2D eigenvalue weighted by Crippen LogP contribution is 2.31. The smallest absolute Gasteiger partial charge is 0.191 e. The molecule has 6 nitrogen and oxygen atoms in total. The molecule has 7 heteroatoms. The van der Waals surface area contributed by atoms with Crippen LogP contribution in [0.1, 0.15) is 36.6 Å². The molecule has 0 radical (unpaired) electrons. The van der Waals surface area contributed by atoms with E-state index >= 15 is 0 Å². The van der Waals surface area contributed by atoms with Crippen LogP contribution in [0.2, 0.25) is 0 Å². The Morgan fingerprint density at radius 2 is 2.04 bits per heavy atom. The maximum absolute atomic E-state index is 5.77. The van der Waals surface area contributed by atoms with Crippen molar-refractivity contribution in [1.82, 2.24) is 10.6 Å². The Hall–Kier alpha value is -1.74. The number of benzene rings is 1. The fourth-order valence-electron chi connectivity index (χ4n) is 3.55. The zero-order valence-corrected chi connectivity index (χ0v) is 18.3. The molecule has 2 aliphatic heterocycles. The average molecular weight is 497 g/mol. The van der Waals surface area contributed by atoms with E-state index in [4.69, 9.17) is 18.9 Å². The van der Waals surface area contributed by atoms with Crippen molar-refractivity contribution >= 4 is 29.9 Å². The van der Waals surface area contributed by atoms with Gasteiger partial charge in [0.2, 0.25) is 0 Å². The van der Waals surface area contributed by atoms with Gasteiger partial charge in [-0.2, -0.15) is 0 Å². The molecule has 2 aliphatic rings. The van der Waals surface area contributed by atoms with Gasteiger partial charge in [0.15, 0.2) is 5.96 Å². The number of hydrogen-bond donors (Lipinski definition) is 2. The number of aliphatic imine (C=N–C) groups is 1. The van der Waals surface area contributed by atoms with Crippen LogP contribution in [0.15, 0.2) is 52.1 Å². The number of furan rings is 1. The van der Waals surface area contributed by atoms with E-state index < -0.39 is 0 Å². The van der Waals surface area contributed by atoms with Gasteiger partial charge in [0.05, 0.1) is 31.6 Å². The summed E-state index contributed by atoms with van der Waals surface area (Å²) in [6.07, 6.45) is 5.88. The molecule has 3 heterocycles. The summed E-state index contributed by atoms with van der Waals surface area (Å²) in [5, 5.41) is 7.03. The summed E-state index contributed by atoms with van der Waals surface area (Å²) in [6.45, 7) is 3.00. The maximum atomic E-state index is 5.77. The fraction of sp³-hybridized carbons (Fsp3) is 0.476. The molecule has 2 atom stereocenters. The van der Waals surface area contributed by atoms with Crippen molar-refractivity contribution in [1.29, 1.82) is 0 Å². The third kappa shape index (κ3) is 5.64. The van der Waals surface area contributed by atoms with Gasteiger partial charge in [-0.1, -0.05) is 18.2 Å². The highest BCUT2D eigenvalue weighted by molar-refractivity contribution is 14.0. The molecule has 0 bridgehead atoms. The number of fused-ring (bicyclic) bond motifs is 1. The van der Waals surface area contributed by atoms with Crippen LogP contribution in [-0.4, -0.2) is 38.4 Å². The Morgan fingerprint density at radius 3 is 2.86 bits per heavy atom. The molecule has 1 aromatic heterocycles. The molecule has 0 amide bonds. The number of nitrogens with one attached hydrogen (secondary N) is 2. The molecule has 2 unspecified atom stereocenters. The topological polar surface area (TPSA) is 68.0 Å². The summed E-state index contributed by atoms with van der Waals surface area (Å²) in [6, 6.07) is 12.3. The Labute approximate surface area is 183 Å². The van der Waals surface area contributed by atoms with E-state index in [2.05, 4.69) is 22.8 Å². The summed E-state index contributed by atoms with van der Waals surface area (Å²) in [4.78, 5) is 4.79. The largest absolute Gasteiger partial charge is 0.493 e. The van der Waals surface area contributed by atoms with Gasteiger partial charge in [-0.3, -0.25) is 4.99 Å². The molecule has 152 valence electrons. The van der Waals surface area contributed by atoms with Gasteiger partial charge in [-0.25, -0.2) is 0 Å². The first kappa shape index (κ1) is 21.0. The molecule has 1 saturated heterocycles. The van der Waals surface area contributed by atoms with E-state index in [0.717, 1.165) is 56.3 Å². The van der Waals surface area contributed by atoms with Gasteiger partial charge in [0, 0.05) is 31.6 Å². The normalized spacial score (nSPS) is 21.4. The third-order valence-electron chi connectivity index (χ3n) is 4.99. The summed E-state index contributed by atoms with van der Waals surface area (Å²) in [5.74, 6) is 2.74. The van der Waals surface area contributed by atoms with E-state index in [9.17, 15) is 0 Å². The molecule has 0 aliphatic carbocycles. The minimum absolute atomic E-state index is 0. The lowest BCUT2D eigenvalue weighted by atomic mass is 10.0. The van der Waals surface area contributed by atoms with Crippen LogP contribution < -0.4 is 15.4 Å². The lowest BCUT2D eigenvalue weighted by Gasteiger charge is -2.28. The summed E-state index contributed by atoms with van der Waals surface area (Å²) >= 11 is 0. The lowest BCUT2D eigenvalue weighted by Crippen LogP contribution is -2.42. The first-order valence-electron chi connectivity index (χ1n) is 9.79. The summed E-state index contributed by atoms with van der Waals surface area (Å²) < 4.78 is 16.9. The molecule has 2 aromatic rings. The second kappa shape index (κ2) is 10.7. The summed E-state index contributed by atoms with van der Waals surface area (Å²) in [7, 11) is 0. The predicted molar refractivity (Wildman–Crippen MR) is 120 cm³/mol. The van der Waals surface area contributed by atoms with Crippen molar-refractivity contribution < 1.29 is 13.9 Å². The summed E-state index contributed by atoms with van der Waals surface area (Å²) in [5.41, 5.74) is 1.18. The minimum Gasteiger partial charge on any atom is -0.493 e. The molecule has 2 N–H and O–H groups in total. The van der Waals surface area contributed by atoms with E-state index in [-0.39, 0.29) is 36.1 Å². The molecule has 0 saturated carbocycles. The first-order chi connectivity index (χ1) is 13.4. The van der Waals surface area contributed by atoms with Crippen molar-refractivity contribution in [2.45, 2.75) is 37.8 Å². The highest BCUT2D eigenvalue weighted by atomic mass is 127. The van der Waals surface area contributed by atoms with Crippen LogP contribution in [0.25, 0.3) is 0 Å². The van der Waals surface area contributed by atoms with Gasteiger partial charge in [-0.05, 0) is 31.0 Å². The number of halogens is 1. The van der Waals surface area contributed by atoms with Crippen LogP contribution >= 0.6 is 24.0 Å². The van der Waals surface area contributed by atoms with Gasteiger partial charge < -0.3 is 24.5 Å². The zero-order chi connectivity index (χ0) is 18.3. The molecule has 0 spiro atoms. The Morgan fingerprint density at radius 1 is 1.11 bits per heavy atom.